The van der Waals surface area contributed by atoms with Crippen molar-refractivity contribution in [3.8, 4) is 5.75 Å². The summed E-state index contributed by atoms with van der Waals surface area (Å²) in [5.74, 6) is 0.00130. The lowest BCUT2D eigenvalue weighted by atomic mass is 10.1. The SMILES string of the molecule is CC/C(=N\NC(=O)Cc1csc(N2CCOCC2)n1)c1ccc(O)cc1. The first-order valence-corrected chi connectivity index (χ1v) is 9.45. The van der Waals surface area contributed by atoms with Crippen molar-refractivity contribution in [3.05, 3.63) is 40.9 Å². The first-order chi connectivity index (χ1) is 12.7. The second-order valence-electron chi connectivity index (χ2n) is 5.89. The Kier molecular flexibility index (Phi) is 6.19. The summed E-state index contributed by atoms with van der Waals surface area (Å²) in [6, 6.07) is 6.76. The zero-order valence-corrected chi connectivity index (χ0v) is 15.5. The van der Waals surface area contributed by atoms with Crippen LogP contribution >= 0.6 is 11.3 Å². The molecule has 2 aromatic rings. The number of aromatic hydroxyl groups is 1. The van der Waals surface area contributed by atoms with Crippen LogP contribution in [0.15, 0.2) is 34.7 Å². The fourth-order valence-electron chi connectivity index (χ4n) is 2.61. The number of carbonyl (C=O) groups excluding carboxylic acids is 1. The molecule has 0 bridgehead atoms. The van der Waals surface area contributed by atoms with Gasteiger partial charge in [0.15, 0.2) is 5.13 Å². The fraction of sp³-hybridized carbons (Fsp3) is 0.389. The molecule has 1 fully saturated rings. The van der Waals surface area contributed by atoms with Crippen LogP contribution in [0.25, 0.3) is 0 Å². The van der Waals surface area contributed by atoms with E-state index in [1.807, 2.05) is 12.3 Å². The molecule has 1 aromatic carbocycles. The van der Waals surface area contributed by atoms with Crippen LogP contribution in [0.2, 0.25) is 0 Å². The molecule has 1 aliphatic rings. The topological polar surface area (TPSA) is 87.1 Å². The van der Waals surface area contributed by atoms with Gasteiger partial charge >= 0.3 is 0 Å². The van der Waals surface area contributed by atoms with E-state index < -0.39 is 0 Å². The van der Waals surface area contributed by atoms with Gasteiger partial charge in [-0.05, 0) is 36.2 Å². The fourth-order valence-corrected chi connectivity index (χ4v) is 3.49. The zero-order chi connectivity index (χ0) is 18.4. The van der Waals surface area contributed by atoms with Crippen LogP contribution in [0.3, 0.4) is 0 Å². The van der Waals surface area contributed by atoms with Gasteiger partial charge in [-0.15, -0.1) is 11.3 Å². The molecular weight excluding hydrogens is 352 g/mol. The number of nitrogens with one attached hydrogen (secondary N) is 1. The molecule has 0 aliphatic carbocycles. The quantitative estimate of drug-likeness (QED) is 0.598. The molecule has 2 heterocycles. The summed E-state index contributed by atoms with van der Waals surface area (Å²) in [4.78, 5) is 18.9. The number of carbonyl (C=O) groups is 1. The van der Waals surface area contributed by atoms with Crippen LogP contribution in [-0.4, -0.2) is 48.0 Å². The summed E-state index contributed by atoms with van der Waals surface area (Å²) in [7, 11) is 0. The minimum Gasteiger partial charge on any atom is -0.508 e. The Morgan fingerprint density at radius 2 is 2.08 bits per heavy atom. The highest BCUT2D eigenvalue weighted by Gasteiger charge is 2.15. The van der Waals surface area contributed by atoms with Crippen LogP contribution in [0.1, 0.15) is 24.6 Å². The van der Waals surface area contributed by atoms with Crippen molar-refractivity contribution in [2.75, 3.05) is 31.2 Å². The molecule has 3 rings (SSSR count). The molecule has 8 heteroatoms. The number of anilines is 1. The number of hydrogen-bond donors (Lipinski definition) is 2. The average Bonchev–Trinajstić information content (AvgIpc) is 3.13. The molecule has 7 nitrogen and oxygen atoms in total. The molecule has 0 saturated carbocycles. The third kappa shape index (κ3) is 4.80. The molecule has 1 saturated heterocycles. The van der Waals surface area contributed by atoms with Crippen molar-refractivity contribution in [1.82, 2.24) is 10.4 Å². The number of ether oxygens (including phenoxy) is 1. The van der Waals surface area contributed by atoms with Gasteiger partial charge in [-0.3, -0.25) is 4.79 Å². The Bertz CT molecular complexity index is 767. The van der Waals surface area contributed by atoms with E-state index in [-0.39, 0.29) is 18.1 Å². The standard InChI is InChI=1S/C18H22N4O3S/c1-2-16(13-3-5-15(23)6-4-13)20-21-17(24)11-14-12-26-18(19-14)22-7-9-25-10-8-22/h3-6,12,23H,2,7-11H2,1H3,(H,21,24)/b20-16+. The summed E-state index contributed by atoms with van der Waals surface area (Å²) in [5.41, 5.74) is 4.97. The van der Waals surface area contributed by atoms with Gasteiger partial charge in [0.1, 0.15) is 5.75 Å². The van der Waals surface area contributed by atoms with E-state index in [2.05, 4.69) is 20.4 Å². The maximum Gasteiger partial charge on any atom is 0.246 e. The number of hydrazone groups is 1. The second kappa shape index (κ2) is 8.77. The van der Waals surface area contributed by atoms with Gasteiger partial charge < -0.3 is 14.7 Å². The Balaban J connectivity index is 1.57. The molecule has 26 heavy (non-hydrogen) atoms. The zero-order valence-electron chi connectivity index (χ0n) is 14.6. The van der Waals surface area contributed by atoms with E-state index in [9.17, 15) is 9.90 Å². The number of hydrogen-bond acceptors (Lipinski definition) is 7. The van der Waals surface area contributed by atoms with E-state index in [1.165, 1.54) is 0 Å². The number of benzene rings is 1. The van der Waals surface area contributed by atoms with Gasteiger partial charge in [-0.1, -0.05) is 6.92 Å². The Hall–Kier alpha value is -2.45. The predicted molar refractivity (Wildman–Crippen MR) is 102 cm³/mol. The van der Waals surface area contributed by atoms with Crippen LogP contribution in [0.4, 0.5) is 5.13 Å². The first-order valence-electron chi connectivity index (χ1n) is 8.57. The van der Waals surface area contributed by atoms with Gasteiger partial charge in [0.2, 0.25) is 5.91 Å². The molecule has 1 aliphatic heterocycles. The van der Waals surface area contributed by atoms with Crippen molar-refractivity contribution in [1.29, 1.82) is 0 Å². The lowest BCUT2D eigenvalue weighted by Gasteiger charge is -2.26. The molecule has 0 spiro atoms. The largest absolute Gasteiger partial charge is 0.508 e. The molecule has 1 amide bonds. The predicted octanol–water partition coefficient (Wildman–Crippen LogP) is 2.16. The van der Waals surface area contributed by atoms with E-state index in [4.69, 9.17) is 4.74 Å². The number of aromatic nitrogens is 1. The molecule has 2 N–H and O–H groups in total. The van der Waals surface area contributed by atoms with Crippen LogP contribution in [-0.2, 0) is 16.0 Å². The number of thiazole rings is 1. The van der Waals surface area contributed by atoms with E-state index in [1.54, 1.807) is 35.6 Å². The van der Waals surface area contributed by atoms with Crippen molar-refractivity contribution in [2.45, 2.75) is 19.8 Å². The van der Waals surface area contributed by atoms with Crippen LogP contribution in [0.5, 0.6) is 5.75 Å². The highest BCUT2D eigenvalue weighted by atomic mass is 32.1. The van der Waals surface area contributed by atoms with Gasteiger partial charge in [0.25, 0.3) is 0 Å². The molecule has 0 unspecified atom stereocenters. The highest BCUT2D eigenvalue weighted by Crippen LogP contribution is 2.21. The summed E-state index contributed by atoms with van der Waals surface area (Å²) in [6.07, 6.45) is 0.861. The van der Waals surface area contributed by atoms with Crippen LogP contribution < -0.4 is 10.3 Å². The number of phenols is 1. The molecule has 0 radical (unpaired) electrons. The molecule has 0 atom stereocenters. The smallest absolute Gasteiger partial charge is 0.246 e. The maximum absolute atomic E-state index is 12.2. The monoisotopic (exact) mass is 374 g/mol. The first kappa shape index (κ1) is 18.3. The summed E-state index contributed by atoms with van der Waals surface area (Å²) in [5, 5.41) is 16.4. The minimum atomic E-state index is -0.200. The molecular formula is C18H22N4O3S. The Morgan fingerprint density at radius 3 is 2.77 bits per heavy atom. The third-order valence-corrected chi connectivity index (χ3v) is 4.96. The van der Waals surface area contributed by atoms with Crippen molar-refractivity contribution < 1.29 is 14.6 Å². The second-order valence-corrected chi connectivity index (χ2v) is 6.73. The summed E-state index contributed by atoms with van der Waals surface area (Å²) < 4.78 is 5.34. The highest BCUT2D eigenvalue weighted by molar-refractivity contribution is 7.13. The summed E-state index contributed by atoms with van der Waals surface area (Å²) >= 11 is 1.54. The Morgan fingerprint density at radius 1 is 1.35 bits per heavy atom. The average molecular weight is 374 g/mol. The molecule has 138 valence electrons. The molecule has 1 aromatic heterocycles. The van der Waals surface area contributed by atoms with Crippen molar-refractivity contribution >= 4 is 28.1 Å². The van der Waals surface area contributed by atoms with Crippen molar-refractivity contribution in [2.24, 2.45) is 5.10 Å². The lowest BCUT2D eigenvalue weighted by molar-refractivity contribution is -0.120. The summed E-state index contributed by atoms with van der Waals surface area (Å²) in [6.45, 7) is 5.04. The lowest BCUT2D eigenvalue weighted by Crippen LogP contribution is -2.36. The number of rotatable bonds is 6. The normalized spacial score (nSPS) is 15.1. The Labute approximate surface area is 156 Å². The van der Waals surface area contributed by atoms with Gasteiger partial charge in [0, 0.05) is 18.5 Å². The van der Waals surface area contributed by atoms with Gasteiger partial charge in [0.05, 0.1) is 31.0 Å². The third-order valence-electron chi connectivity index (χ3n) is 4.01. The number of amides is 1. The number of phenolic OH excluding ortho intramolecular Hbond substituents is 1. The van der Waals surface area contributed by atoms with Crippen molar-refractivity contribution in [3.63, 3.8) is 0 Å². The van der Waals surface area contributed by atoms with E-state index >= 15 is 0 Å². The minimum absolute atomic E-state index is 0.191. The van der Waals surface area contributed by atoms with Crippen LogP contribution in [0, 0.1) is 0 Å². The number of nitrogens with zero attached hydrogens (tertiary/aromatic N) is 3. The van der Waals surface area contributed by atoms with Gasteiger partial charge in [-0.2, -0.15) is 5.10 Å². The maximum atomic E-state index is 12.2. The number of morpholine rings is 1. The van der Waals surface area contributed by atoms with Gasteiger partial charge in [-0.25, -0.2) is 10.4 Å². The van der Waals surface area contributed by atoms with E-state index in [0.717, 1.165) is 35.2 Å². The van der Waals surface area contributed by atoms with E-state index in [0.29, 0.717) is 19.6 Å².